The SMILES string of the molecule is CCc1sc2ncn(CCC(C)=O)c(=O)c2c1-c1cccs1. The maximum Gasteiger partial charge on any atom is 0.262 e. The molecular weight excluding hydrogens is 316 g/mol. The third-order valence-corrected chi connectivity index (χ3v) is 5.67. The highest BCUT2D eigenvalue weighted by atomic mass is 32.1. The molecule has 0 fully saturated rings. The Kier molecular flexibility index (Phi) is 4.22. The first-order valence-electron chi connectivity index (χ1n) is 7.16. The molecule has 0 N–H and O–H groups in total. The molecule has 0 aliphatic rings. The zero-order chi connectivity index (χ0) is 15.7. The van der Waals surface area contributed by atoms with Crippen LogP contribution in [0.15, 0.2) is 28.6 Å². The van der Waals surface area contributed by atoms with Crippen LogP contribution in [0.2, 0.25) is 0 Å². The number of aromatic nitrogens is 2. The molecule has 0 aliphatic heterocycles. The molecule has 0 aliphatic carbocycles. The molecule has 0 spiro atoms. The van der Waals surface area contributed by atoms with Gasteiger partial charge in [-0.05, 0) is 24.8 Å². The Morgan fingerprint density at radius 1 is 1.41 bits per heavy atom. The molecule has 22 heavy (non-hydrogen) atoms. The third-order valence-electron chi connectivity index (χ3n) is 3.55. The van der Waals surface area contributed by atoms with Crippen molar-refractivity contribution >= 4 is 38.7 Å². The second-order valence-electron chi connectivity index (χ2n) is 5.11. The number of thiophene rings is 2. The number of Topliss-reactive ketones (excluding diaryl/α,β-unsaturated/α-hetero) is 1. The highest BCUT2D eigenvalue weighted by Crippen LogP contribution is 2.38. The molecule has 114 valence electrons. The maximum absolute atomic E-state index is 12.8. The van der Waals surface area contributed by atoms with Crippen LogP contribution in [0.1, 0.15) is 25.1 Å². The van der Waals surface area contributed by atoms with Gasteiger partial charge in [0.2, 0.25) is 0 Å². The predicted molar refractivity (Wildman–Crippen MR) is 91.9 cm³/mol. The van der Waals surface area contributed by atoms with Gasteiger partial charge >= 0.3 is 0 Å². The van der Waals surface area contributed by atoms with Crippen molar-refractivity contribution in [2.75, 3.05) is 0 Å². The van der Waals surface area contributed by atoms with E-state index in [9.17, 15) is 9.59 Å². The molecule has 4 nitrogen and oxygen atoms in total. The van der Waals surface area contributed by atoms with Crippen LogP contribution in [-0.2, 0) is 17.8 Å². The van der Waals surface area contributed by atoms with Crippen molar-refractivity contribution in [2.24, 2.45) is 0 Å². The van der Waals surface area contributed by atoms with Crippen molar-refractivity contribution < 1.29 is 4.79 Å². The minimum Gasteiger partial charge on any atom is -0.300 e. The van der Waals surface area contributed by atoms with E-state index in [0.717, 1.165) is 21.7 Å². The van der Waals surface area contributed by atoms with E-state index in [1.54, 1.807) is 33.6 Å². The first kappa shape index (κ1) is 15.1. The molecule has 6 heteroatoms. The van der Waals surface area contributed by atoms with Crippen molar-refractivity contribution in [3.8, 4) is 10.4 Å². The molecular formula is C16H16N2O2S2. The smallest absolute Gasteiger partial charge is 0.262 e. The van der Waals surface area contributed by atoms with Crippen LogP contribution in [0.3, 0.4) is 0 Å². The zero-order valence-corrected chi connectivity index (χ0v) is 14.1. The average Bonchev–Trinajstić information content (AvgIpc) is 3.13. The fraction of sp³-hybridized carbons (Fsp3) is 0.312. The van der Waals surface area contributed by atoms with Gasteiger partial charge < -0.3 is 0 Å². The Hall–Kier alpha value is -1.79. The molecule has 0 radical (unpaired) electrons. The molecule has 0 atom stereocenters. The van der Waals surface area contributed by atoms with Gasteiger partial charge in [-0.25, -0.2) is 4.98 Å². The van der Waals surface area contributed by atoms with Crippen LogP contribution in [0.25, 0.3) is 20.7 Å². The zero-order valence-electron chi connectivity index (χ0n) is 12.5. The van der Waals surface area contributed by atoms with Crippen molar-refractivity contribution in [3.05, 3.63) is 39.1 Å². The molecule has 3 aromatic heterocycles. The summed E-state index contributed by atoms with van der Waals surface area (Å²) in [5, 5.41) is 2.71. The fourth-order valence-electron chi connectivity index (χ4n) is 2.44. The van der Waals surface area contributed by atoms with E-state index in [1.165, 1.54) is 11.8 Å². The van der Waals surface area contributed by atoms with E-state index >= 15 is 0 Å². The van der Waals surface area contributed by atoms with Gasteiger partial charge in [0.25, 0.3) is 5.56 Å². The Morgan fingerprint density at radius 3 is 2.86 bits per heavy atom. The number of ketones is 1. The first-order valence-corrected chi connectivity index (χ1v) is 8.85. The quantitative estimate of drug-likeness (QED) is 0.715. The molecule has 3 aromatic rings. The van der Waals surface area contributed by atoms with Crippen LogP contribution < -0.4 is 5.56 Å². The highest BCUT2D eigenvalue weighted by Gasteiger charge is 2.18. The van der Waals surface area contributed by atoms with Crippen LogP contribution in [0.4, 0.5) is 0 Å². The van der Waals surface area contributed by atoms with E-state index in [0.29, 0.717) is 18.4 Å². The topological polar surface area (TPSA) is 52.0 Å². The van der Waals surface area contributed by atoms with Gasteiger partial charge in [-0.2, -0.15) is 0 Å². The van der Waals surface area contributed by atoms with Crippen LogP contribution in [0.5, 0.6) is 0 Å². The van der Waals surface area contributed by atoms with Gasteiger partial charge in [0.15, 0.2) is 0 Å². The van der Waals surface area contributed by atoms with Crippen molar-refractivity contribution in [2.45, 2.75) is 33.2 Å². The molecule has 0 amide bonds. The second-order valence-corrected chi connectivity index (χ2v) is 7.14. The molecule has 3 rings (SSSR count). The molecule has 0 saturated heterocycles. The summed E-state index contributed by atoms with van der Waals surface area (Å²) in [6.07, 6.45) is 2.79. The van der Waals surface area contributed by atoms with E-state index in [1.807, 2.05) is 17.5 Å². The average molecular weight is 332 g/mol. The Balaban J connectivity index is 2.22. The molecule has 0 unspecified atom stereocenters. The summed E-state index contributed by atoms with van der Waals surface area (Å²) in [6, 6.07) is 4.03. The number of carbonyl (C=O) groups excluding carboxylic acids is 1. The number of hydrogen-bond acceptors (Lipinski definition) is 5. The molecule has 0 bridgehead atoms. The highest BCUT2D eigenvalue weighted by molar-refractivity contribution is 7.20. The summed E-state index contributed by atoms with van der Waals surface area (Å²) in [5.74, 6) is 0.0741. The summed E-state index contributed by atoms with van der Waals surface area (Å²) in [4.78, 5) is 31.5. The van der Waals surface area contributed by atoms with Crippen molar-refractivity contribution in [1.29, 1.82) is 0 Å². The predicted octanol–water partition coefficient (Wildman–Crippen LogP) is 3.73. The van der Waals surface area contributed by atoms with Crippen LogP contribution in [-0.4, -0.2) is 15.3 Å². The lowest BCUT2D eigenvalue weighted by Crippen LogP contribution is -2.21. The molecule has 3 heterocycles. The monoisotopic (exact) mass is 332 g/mol. The maximum atomic E-state index is 12.8. The Morgan fingerprint density at radius 2 is 2.23 bits per heavy atom. The number of nitrogens with zero attached hydrogens (tertiary/aromatic N) is 2. The Labute approximate surface area is 136 Å². The van der Waals surface area contributed by atoms with Crippen molar-refractivity contribution in [3.63, 3.8) is 0 Å². The summed E-state index contributed by atoms with van der Waals surface area (Å²) in [7, 11) is 0. The van der Waals surface area contributed by atoms with Gasteiger partial charge in [0, 0.05) is 28.3 Å². The van der Waals surface area contributed by atoms with Crippen molar-refractivity contribution in [1.82, 2.24) is 9.55 Å². The van der Waals surface area contributed by atoms with E-state index < -0.39 is 0 Å². The van der Waals surface area contributed by atoms with Crippen LogP contribution in [0, 0.1) is 0 Å². The van der Waals surface area contributed by atoms with Gasteiger partial charge in [-0.1, -0.05) is 13.0 Å². The van der Waals surface area contributed by atoms with E-state index in [2.05, 4.69) is 11.9 Å². The normalized spacial score (nSPS) is 11.2. The number of rotatable bonds is 5. The van der Waals surface area contributed by atoms with Gasteiger partial charge in [0.05, 0.1) is 11.7 Å². The second kappa shape index (κ2) is 6.14. The lowest BCUT2D eigenvalue weighted by molar-refractivity contribution is -0.117. The van der Waals surface area contributed by atoms with Crippen LogP contribution >= 0.6 is 22.7 Å². The fourth-order valence-corrected chi connectivity index (χ4v) is 4.39. The minimum atomic E-state index is -0.0504. The number of hydrogen-bond donors (Lipinski definition) is 0. The lowest BCUT2D eigenvalue weighted by atomic mass is 10.1. The largest absolute Gasteiger partial charge is 0.300 e. The standard InChI is InChI=1S/C16H16N2O2S2/c1-3-11-13(12-5-4-8-21-12)14-15(22-11)17-9-18(16(14)20)7-6-10(2)19/h4-5,8-9H,3,6-7H2,1-2H3. The summed E-state index contributed by atoms with van der Waals surface area (Å²) in [6.45, 7) is 4.02. The van der Waals surface area contributed by atoms with Gasteiger partial charge in [-0.3, -0.25) is 14.2 Å². The van der Waals surface area contributed by atoms with Gasteiger partial charge in [0.1, 0.15) is 10.6 Å². The lowest BCUT2D eigenvalue weighted by Gasteiger charge is -2.04. The van der Waals surface area contributed by atoms with E-state index in [4.69, 9.17) is 0 Å². The molecule has 0 saturated carbocycles. The van der Waals surface area contributed by atoms with Gasteiger partial charge in [-0.15, -0.1) is 22.7 Å². The number of carbonyl (C=O) groups is 1. The minimum absolute atomic E-state index is 0.0504. The number of fused-ring (bicyclic) bond motifs is 1. The Bertz CT molecular complexity index is 876. The molecule has 0 aromatic carbocycles. The first-order chi connectivity index (χ1) is 10.6. The summed E-state index contributed by atoms with van der Waals surface area (Å²) >= 11 is 3.22. The summed E-state index contributed by atoms with van der Waals surface area (Å²) in [5.41, 5.74) is 0.970. The summed E-state index contributed by atoms with van der Waals surface area (Å²) < 4.78 is 1.55. The third kappa shape index (κ3) is 2.64. The van der Waals surface area contributed by atoms with E-state index in [-0.39, 0.29) is 11.3 Å². The number of aryl methyl sites for hydroxylation is 2.